The van der Waals surface area contributed by atoms with Crippen LogP contribution in [0.1, 0.15) is 118 Å². The monoisotopic (exact) mass is 687 g/mol. The molecule has 0 radical (unpaired) electrons. The van der Waals surface area contributed by atoms with Crippen molar-refractivity contribution in [2.45, 2.75) is 116 Å². The minimum atomic E-state index is -1.08. The van der Waals surface area contributed by atoms with E-state index in [0.29, 0.717) is 66.5 Å². The van der Waals surface area contributed by atoms with E-state index in [1.807, 2.05) is 30.3 Å². The molecule has 4 saturated carbocycles. The number of aliphatic hydroxyl groups is 4. The van der Waals surface area contributed by atoms with Gasteiger partial charge in [0.1, 0.15) is 5.75 Å². The van der Waals surface area contributed by atoms with Gasteiger partial charge in [0.05, 0.1) is 31.5 Å². The van der Waals surface area contributed by atoms with Crippen LogP contribution in [-0.2, 0) is 6.42 Å². The maximum absolute atomic E-state index is 14.4. The maximum Gasteiger partial charge on any atom is 0.193 e. The number of fused-ring (bicyclic) bond motifs is 10. The summed E-state index contributed by atoms with van der Waals surface area (Å²) in [7, 11) is 1.61. The van der Waals surface area contributed by atoms with Crippen LogP contribution in [0.5, 0.6) is 5.75 Å². The van der Waals surface area contributed by atoms with Crippen LogP contribution in [-0.4, -0.2) is 82.3 Å². The standard InChI is InChI=1S/C43H61NO6/c1-28-7-6-19-42(4)38(18-20-43(42,49)27-44(25-34(47)26-45)24-31-10-13-32-23-39(31)41(32,2)3)36-17-9-29(21-33(46)14-8-28)22-37(36)40(48)30-11-15-35(50-5)16-12-30/h7,9,11-12,15-17,22,31-34,38-39,45-47,49H,6,8,10,13-14,18-21,23-27H2,1-5H3. The van der Waals surface area contributed by atoms with Crippen LogP contribution in [0.3, 0.4) is 0 Å². The van der Waals surface area contributed by atoms with Gasteiger partial charge in [-0.3, -0.25) is 9.69 Å². The SMILES string of the molecule is COc1ccc(C(=O)c2cc3ccc2C2CCC(O)(CN(CC(O)CO)CC4CCC5CC4C5(C)C)C2(C)CCC=C(C)CCC(O)C3)cc1. The van der Waals surface area contributed by atoms with Crippen molar-refractivity contribution in [1.82, 2.24) is 4.90 Å². The Kier molecular flexibility index (Phi) is 11.0. The van der Waals surface area contributed by atoms with E-state index in [-0.39, 0.29) is 18.3 Å². The highest BCUT2D eigenvalue weighted by Gasteiger charge is 2.58. The van der Waals surface area contributed by atoms with Crippen molar-refractivity contribution in [3.05, 3.63) is 76.4 Å². The average molecular weight is 688 g/mol. The van der Waals surface area contributed by atoms with Crippen molar-refractivity contribution in [3.8, 4) is 5.75 Å². The summed E-state index contributed by atoms with van der Waals surface area (Å²) < 4.78 is 5.36. The molecule has 2 aromatic carbocycles. The lowest BCUT2D eigenvalue weighted by atomic mass is 9.45. The minimum absolute atomic E-state index is 0.0639. The molecule has 8 atom stereocenters. The normalized spacial score (nSPS) is 32.8. The van der Waals surface area contributed by atoms with Crippen LogP contribution in [0.25, 0.3) is 0 Å². The number of aliphatic hydroxyl groups excluding tert-OH is 3. The lowest BCUT2D eigenvalue weighted by Gasteiger charge is -2.61. The molecule has 50 heavy (non-hydrogen) atoms. The highest BCUT2D eigenvalue weighted by molar-refractivity contribution is 6.10. The number of carbonyl (C=O) groups is 1. The van der Waals surface area contributed by atoms with Crippen LogP contribution in [0.4, 0.5) is 0 Å². The van der Waals surface area contributed by atoms with E-state index in [1.165, 1.54) is 24.8 Å². The van der Waals surface area contributed by atoms with Crippen molar-refractivity contribution in [2.75, 3.05) is 33.4 Å². The molecule has 2 aromatic rings. The van der Waals surface area contributed by atoms with Crippen molar-refractivity contribution in [3.63, 3.8) is 0 Å². The molecule has 0 aromatic heterocycles. The zero-order chi connectivity index (χ0) is 35.8. The van der Waals surface area contributed by atoms with Crippen LogP contribution >= 0.6 is 0 Å². The average Bonchev–Trinajstić information content (AvgIpc) is 3.35. The third kappa shape index (κ3) is 7.23. The lowest BCUT2D eigenvalue weighted by Crippen LogP contribution is -2.58. The fourth-order valence-electron chi connectivity index (χ4n) is 10.5. The minimum Gasteiger partial charge on any atom is -0.497 e. The summed E-state index contributed by atoms with van der Waals surface area (Å²) in [6.07, 6.45) is 9.34. The van der Waals surface area contributed by atoms with Crippen molar-refractivity contribution < 1.29 is 30.0 Å². The van der Waals surface area contributed by atoms with Gasteiger partial charge in [-0.15, -0.1) is 0 Å². The van der Waals surface area contributed by atoms with Crippen LogP contribution in [0.2, 0.25) is 0 Å². The number of ketones is 1. The summed E-state index contributed by atoms with van der Waals surface area (Å²) in [5.74, 6) is 2.49. The molecule has 0 spiro atoms. The molecule has 4 fully saturated rings. The number of nitrogens with zero attached hydrogens (tertiary/aromatic N) is 1. The molecule has 6 aliphatic carbocycles. The molecule has 274 valence electrons. The molecule has 8 unspecified atom stereocenters. The van der Waals surface area contributed by atoms with Crippen molar-refractivity contribution >= 4 is 5.78 Å². The molecule has 0 saturated heterocycles. The Morgan fingerprint density at radius 3 is 2.48 bits per heavy atom. The van der Waals surface area contributed by atoms with Gasteiger partial charge in [0.2, 0.25) is 0 Å². The number of hydrogen-bond acceptors (Lipinski definition) is 7. The Labute approximate surface area is 299 Å². The smallest absolute Gasteiger partial charge is 0.193 e. The molecule has 8 rings (SSSR count). The molecule has 7 heteroatoms. The third-order valence-corrected chi connectivity index (χ3v) is 13.9. The molecule has 4 N–H and O–H groups in total. The molecule has 4 bridgehead atoms. The molecule has 0 aliphatic heterocycles. The number of rotatable bonds is 10. The summed E-state index contributed by atoms with van der Waals surface area (Å²) in [5.41, 5.74) is 3.04. The largest absolute Gasteiger partial charge is 0.497 e. The predicted octanol–water partition coefficient (Wildman–Crippen LogP) is 6.69. The second-order valence-electron chi connectivity index (χ2n) is 17.2. The van der Waals surface area contributed by atoms with E-state index < -0.39 is 23.2 Å². The summed E-state index contributed by atoms with van der Waals surface area (Å²) in [5, 5.41) is 44.7. The Hall–Kier alpha value is -2.55. The molecular formula is C43H61NO6. The quantitative estimate of drug-likeness (QED) is 0.163. The predicted molar refractivity (Wildman–Crippen MR) is 197 cm³/mol. The highest BCUT2D eigenvalue weighted by Crippen LogP contribution is 2.62. The van der Waals surface area contributed by atoms with Crippen molar-refractivity contribution in [1.29, 1.82) is 0 Å². The summed E-state index contributed by atoms with van der Waals surface area (Å²) in [4.78, 5) is 16.6. The molecular weight excluding hydrogens is 626 g/mol. The number of hydrogen-bond donors (Lipinski definition) is 4. The van der Waals surface area contributed by atoms with Gasteiger partial charge in [-0.1, -0.05) is 44.6 Å². The summed E-state index contributed by atoms with van der Waals surface area (Å²) in [6, 6.07) is 13.4. The van der Waals surface area contributed by atoms with Gasteiger partial charge in [0.15, 0.2) is 5.78 Å². The number of carbonyl (C=O) groups excluding carboxylic acids is 1. The first-order valence-corrected chi connectivity index (χ1v) is 19.2. The van der Waals surface area contributed by atoms with Crippen LogP contribution in [0.15, 0.2) is 54.1 Å². The number of ether oxygens (including phenoxy) is 1. The van der Waals surface area contributed by atoms with Gasteiger partial charge in [-0.25, -0.2) is 0 Å². The Morgan fingerprint density at radius 2 is 1.80 bits per heavy atom. The van der Waals surface area contributed by atoms with Crippen LogP contribution in [0, 0.1) is 28.6 Å². The van der Waals surface area contributed by atoms with Gasteiger partial charge >= 0.3 is 0 Å². The lowest BCUT2D eigenvalue weighted by molar-refractivity contribution is -0.126. The van der Waals surface area contributed by atoms with Gasteiger partial charge in [0.25, 0.3) is 0 Å². The fraction of sp³-hybridized carbons (Fsp3) is 0.651. The van der Waals surface area contributed by atoms with Gasteiger partial charge in [-0.05, 0) is 142 Å². The third-order valence-electron chi connectivity index (χ3n) is 13.9. The number of benzene rings is 2. The fourth-order valence-corrected chi connectivity index (χ4v) is 10.5. The zero-order valence-electron chi connectivity index (χ0n) is 31.0. The molecule has 6 aliphatic rings. The molecule has 7 nitrogen and oxygen atoms in total. The zero-order valence-corrected chi connectivity index (χ0v) is 31.0. The van der Waals surface area contributed by atoms with E-state index in [0.717, 1.165) is 49.3 Å². The Balaban J connectivity index is 1.38. The van der Waals surface area contributed by atoms with E-state index in [4.69, 9.17) is 4.74 Å². The van der Waals surface area contributed by atoms with Gasteiger partial charge < -0.3 is 25.2 Å². The highest BCUT2D eigenvalue weighted by atomic mass is 16.5. The first-order chi connectivity index (χ1) is 23.8. The topological polar surface area (TPSA) is 110 Å². The van der Waals surface area contributed by atoms with Crippen LogP contribution < -0.4 is 4.74 Å². The second-order valence-corrected chi connectivity index (χ2v) is 17.2. The summed E-state index contributed by atoms with van der Waals surface area (Å²) >= 11 is 0. The summed E-state index contributed by atoms with van der Waals surface area (Å²) in [6.45, 7) is 10.4. The molecule has 0 heterocycles. The molecule has 0 amide bonds. The number of allylic oxidation sites excluding steroid dienone is 2. The first-order valence-electron chi connectivity index (χ1n) is 19.2. The first kappa shape index (κ1) is 37.2. The van der Waals surface area contributed by atoms with Crippen molar-refractivity contribution in [2.24, 2.45) is 28.6 Å². The maximum atomic E-state index is 14.4. The van der Waals surface area contributed by atoms with E-state index >= 15 is 0 Å². The van der Waals surface area contributed by atoms with Gasteiger partial charge in [-0.2, -0.15) is 0 Å². The second kappa shape index (κ2) is 14.8. The van der Waals surface area contributed by atoms with E-state index in [1.54, 1.807) is 7.11 Å². The van der Waals surface area contributed by atoms with Gasteiger partial charge in [0, 0.05) is 36.2 Å². The van der Waals surface area contributed by atoms with E-state index in [2.05, 4.69) is 50.8 Å². The number of methoxy groups -OCH3 is 1. The Morgan fingerprint density at radius 1 is 1.04 bits per heavy atom. The van der Waals surface area contributed by atoms with E-state index in [9.17, 15) is 25.2 Å². The Bertz CT molecular complexity index is 1530.